The van der Waals surface area contributed by atoms with E-state index < -0.39 is 10.0 Å². The zero-order valence-electron chi connectivity index (χ0n) is 13.7. The molecule has 2 aromatic carbocycles. The molecular weight excluding hydrogens is 344 g/mol. The fourth-order valence-corrected chi connectivity index (χ4v) is 2.75. The van der Waals surface area contributed by atoms with Gasteiger partial charge in [-0.3, -0.25) is 4.79 Å². The molecule has 0 aromatic heterocycles. The second-order valence-electron chi connectivity index (χ2n) is 5.18. The van der Waals surface area contributed by atoms with Crippen molar-refractivity contribution in [1.82, 2.24) is 4.72 Å². The van der Waals surface area contributed by atoms with Crippen LogP contribution in [0.3, 0.4) is 0 Å². The minimum Gasteiger partial charge on any atom is -0.504 e. The highest BCUT2D eigenvalue weighted by molar-refractivity contribution is 7.89. The minimum absolute atomic E-state index is 0.106. The number of anilines is 1. The van der Waals surface area contributed by atoms with Crippen molar-refractivity contribution in [2.45, 2.75) is 4.90 Å². The highest BCUT2D eigenvalue weighted by Crippen LogP contribution is 2.25. The lowest BCUT2D eigenvalue weighted by Gasteiger charge is -2.15. The van der Waals surface area contributed by atoms with E-state index >= 15 is 0 Å². The number of amides is 1. The quantitative estimate of drug-likeness (QED) is 0.554. The van der Waals surface area contributed by atoms with Crippen molar-refractivity contribution in [3.8, 4) is 11.5 Å². The molecule has 0 radical (unpaired) electrons. The molecule has 0 saturated heterocycles. The molecule has 0 atom stereocenters. The van der Waals surface area contributed by atoms with Crippen molar-refractivity contribution < 1.29 is 23.4 Å². The number of nitrogens with zero attached hydrogens (tertiary/aromatic N) is 1. The van der Waals surface area contributed by atoms with Gasteiger partial charge in [0, 0.05) is 18.8 Å². The molecule has 25 heavy (non-hydrogen) atoms. The lowest BCUT2D eigenvalue weighted by Crippen LogP contribution is -2.24. The summed E-state index contributed by atoms with van der Waals surface area (Å²) in [4.78, 5) is 13.7. The Balaban J connectivity index is 2.14. The first-order valence-corrected chi connectivity index (χ1v) is 8.74. The van der Waals surface area contributed by atoms with Gasteiger partial charge in [0.05, 0.1) is 4.90 Å². The zero-order valence-corrected chi connectivity index (χ0v) is 14.5. The van der Waals surface area contributed by atoms with Gasteiger partial charge >= 0.3 is 0 Å². The summed E-state index contributed by atoms with van der Waals surface area (Å²) in [5, 5.41) is 18.7. The van der Waals surface area contributed by atoms with E-state index in [1.807, 2.05) is 0 Å². The van der Waals surface area contributed by atoms with Crippen molar-refractivity contribution in [3.63, 3.8) is 0 Å². The van der Waals surface area contributed by atoms with E-state index in [0.717, 1.165) is 0 Å². The van der Waals surface area contributed by atoms with Crippen LogP contribution in [0.1, 0.15) is 5.56 Å². The smallest absolute Gasteiger partial charge is 0.250 e. The molecule has 3 N–H and O–H groups in total. The van der Waals surface area contributed by atoms with E-state index in [-0.39, 0.29) is 22.3 Å². The highest BCUT2D eigenvalue weighted by atomic mass is 32.2. The van der Waals surface area contributed by atoms with Gasteiger partial charge in [0.1, 0.15) is 0 Å². The van der Waals surface area contributed by atoms with Crippen LogP contribution in [0.4, 0.5) is 5.69 Å². The molecule has 0 fully saturated rings. The first-order chi connectivity index (χ1) is 11.7. The Hall–Kier alpha value is -2.84. The van der Waals surface area contributed by atoms with Crippen molar-refractivity contribution in [2.24, 2.45) is 0 Å². The average molecular weight is 362 g/mol. The number of aromatic hydroxyl groups is 2. The maximum Gasteiger partial charge on any atom is 0.250 e. The third-order valence-corrected chi connectivity index (χ3v) is 4.98. The predicted octanol–water partition coefficient (Wildman–Crippen LogP) is 1.68. The number of sulfonamides is 1. The first-order valence-electron chi connectivity index (χ1n) is 7.26. The SMILES string of the molecule is CNS(=O)(=O)c1ccc(N(C)C(=O)C=Cc2ccc(O)c(O)c2)cc1. The van der Waals surface area contributed by atoms with Crippen LogP contribution in [0, 0.1) is 0 Å². The Labute approximate surface area is 145 Å². The molecule has 0 aliphatic carbocycles. The lowest BCUT2D eigenvalue weighted by molar-refractivity contribution is -0.113. The molecule has 0 spiro atoms. The summed E-state index contributed by atoms with van der Waals surface area (Å²) >= 11 is 0. The van der Waals surface area contributed by atoms with Gasteiger partial charge in [-0.15, -0.1) is 0 Å². The molecule has 132 valence electrons. The van der Waals surface area contributed by atoms with Gasteiger partial charge in [-0.2, -0.15) is 0 Å². The minimum atomic E-state index is -3.53. The number of phenols is 2. The van der Waals surface area contributed by atoms with Crippen molar-refractivity contribution in [3.05, 3.63) is 54.1 Å². The standard InChI is InChI=1S/C17H18N2O5S/c1-18-25(23,24)14-7-5-13(6-8-14)19(2)17(22)10-4-12-3-9-15(20)16(21)11-12/h3-11,18,20-21H,1-2H3. The number of phenolic OH excluding ortho intramolecular Hbond substituents is 2. The maximum absolute atomic E-state index is 12.2. The van der Waals surface area contributed by atoms with Crippen molar-refractivity contribution in [2.75, 3.05) is 19.0 Å². The second-order valence-corrected chi connectivity index (χ2v) is 7.07. The summed E-state index contributed by atoms with van der Waals surface area (Å²) in [7, 11) is -0.644. The van der Waals surface area contributed by atoms with Crippen LogP contribution >= 0.6 is 0 Å². The number of hydrogen-bond acceptors (Lipinski definition) is 5. The monoisotopic (exact) mass is 362 g/mol. The molecule has 0 heterocycles. The number of benzene rings is 2. The van der Waals surface area contributed by atoms with Crippen LogP contribution in [0.25, 0.3) is 6.08 Å². The Bertz CT molecular complexity index is 905. The van der Waals surface area contributed by atoms with Gasteiger partial charge in [-0.1, -0.05) is 6.07 Å². The van der Waals surface area contributed by atoms with E-state index in [0.29, 0.717) is 11.3 Å². The number of hydrogen-bond donors (Lipinski definition) is 3. The van der Waals surface area contributed by atoms with Crippen LogP contribution in [-0.4, -0.2) is 38.6 Å². The second kappa shape index (κ2) is 7.37. The summed E-state index contributed by atoms with van der Waals surface area (Å²) in [6, 6.07) is 10.1. The van der Waals surface area contributed by atoms with E-state index in [1.54, 1.807) is 13.1 Å². The molecule has 0 unspecified atom stereocenters. The molecule has 0 bridgehead atoms. The summed E-state index contributed by atoms with van der Waals surface area (Å²) < 4.78 is 25.6. The van der Waals surface area contributed by atoms with Gasteiger partial charge in [-0.05, 0) is 55.1 Å². The molecule has 0 aliphatic rings. The molecule has 0 aliphatic heterocycles. The van der Waals surface area contributed by atoms with Gasteiger partial charge in [0.15, 0.2) is 11.5 Å². The van der Waals surface area contributed by atoms with Gasteiger partial charge < -0.3 is 15.1 Å². The summed E-state index contributed by atoms with van der Waals surface area (Å²) in [5.41, 5.74) is 1.07. The summed E-state index contributed by atoms with van der Waals surface area (Å²) in [6.45, 7) is 0. The first kappa shape index (κ1) is 18.5. The average Bonchev–Trinajstić information content (AvgIpc) is 2.62. The van der Waals surface area contributed by atoms with E-state index in [2.05, 4.69) is 4.72 Å². The Morgan fingerprint density at radius 3 is 2.28 bits per heavy atom. The fraction of sp³-hybridized carbons (Fsp3) is 0.118. The van der Waals surface area contributed by atoms with Gasteiger partial charge in [0.2, 0.25) is 10.0 Å². The predicted molar refractivity (Wildman–Crippen MR) is 94.9 cm³/mol. The Morgan fingerprint density at radius 1 is 1.08 bits per heavy atom. The summed E-state index contributed by atoms with van der Waals surface area (Å²) in [5.74, 6) is -0.849. The molecule has 8 heteroatoms. The number of carbonyl (C=O) groups is 1. The largest absolute Gasteiger partial charge is 0.504 e. The maximum atomic E-state index is 12.2. The molecule has 7 nitrogen and oxygen atoms in total. The van der Waals surface area contributed by atoms with Crippen LogP contribution in [0.2, 0.25) is 0 Å². The van der Waals surface area contributed by atoms with Gasteiger partial charge in [0.25, 0.3) is 5.91 Å². The number of rotatable bonds is 5. The van der Waals surface area contributed by atoms with Crippen LogP contribution in [-0.2, 0) is 14.8 Å². The normalized spacial score (nSPS) is 11.6. The summed E-state index contributed by atoms with van der Waals surface area (Å²) in [6.07, 6.45) is 2.81. The molecule has 1 amide bonds. The topological polar surface area (TPSA) is 107 Å². The highest BCUT2D eigenvalue weighted by Gasteiger charge is 2.13. The third-order valence-electron chi connectivity index (χ3n) is 3.55. The zero-order chi connectivity index (χ0) is 18.6. The Kier molecular flexibility index (Phi) is 5.45. The van der Waals surface area contributed by atoms with Gasteiger partial charge in [-0.25, -0.2) is 13.1 Å². The lowest BCUT2D eigenvalue weighted by atomic mass is 10.2. The van der Waals surface area contributed by atoms with Crippen LogP contribution < -0.4 is 9.62 Å². The number of carbonyl (C=O) groups excluding carboxylic acids is 1. The van der Waals surface area contributed by atoms with E-state index in [1.165, 1.54) is 60.5 Å². The van der Waals surface area contributed by atoms with Crippen LogP contribution in [0.5, 0.6) is 11.5 Å². The Morgan fingerprint density at radius 2 is 1.72 bits per heavy atom. The molecule has 2 rings (SSSR count). The number of likely N-dealkylation sites (N-methyl/N-ethyl adjacent to an activating group) is 1. The van der Waals surface area contributed by atoms with E-state index in [4.69, 9.17) is 0 Å². The van der Waals surface area contributed by atoms with Crippen molar-refractivity contribution >= 4 is 27.7 Å². The third kappa shape index (κ3) is 4.37. The van der Waals surface area contributed by atoms with Crippen LogP contribution in [0.15, 0.2) is 53.4 Å². The van der Waals surface area contributed by atoms with E-state index in [9.17, 15) is 23.4 Å². The fourth-order valence-electron chi connectivity index (χ4n) is 2.02. The molecular formula is C17H18N2O5S. The molecule has 2 aromatic rings. The molecule has 0 saturated carbocycles. The number of nitrogens with one attached hydrogen (secondary N) is 1. The van der Waals surface area contributed by atoms with Crippen molar-refractivity contribution in [1.29, 1.82) is 0 Å².